The molecule has 2 aromatic carbocycles. The van der Waals surface area contributed by atoms with E-state index in [1.165, 1.54) is 26.2 Å². The molecule has 1 aromatic heterocycles. The molecule has 0 aliphatic carbocycles. The summed E-state index contributed by atoms with van der Waals surface area (Å²) in [5.74, 6) is -1.48. The van der Waals surface area contributed by atoms with Gasteiger partial charge in [-0.2, -0.15) is 4.39 Å². The van der Waals surface area contributed by atoms with Crippen LogP contribution >= 0.6 is 0 Å². The second-order valence-corrected chi connectivity index (χ2v) is 5.47. The zero-order valence-corrected chi connectivity index (χ0v) is 12.3. The number of hydrogen-bond acceptors (Lipinski definition) is 3. The molecule has 0 radical (unpaired) electrons. The molecule has 0 unspecified atom stereocenters. The van der Waals surface area contributed by atoms with Crippen molar-refractivity contribution in [3.8, 4) is 16.9 Å². The Bertz CT molecular complexity index is 861. The Morgan fingerprint density at radius 2 is 1.82 bits per heavy atom. The molecule has 0 aliphatic rings. The highest BCUT2D eigenvalue weighted by Crippen LogP contribution is 2.25. The van der Waals surface area contributed by atoms with Crippen molar-refractivity contribution in [1.82, 2.24) is 0 Å². The summed E-state index contributed by atoms with van der Waals surface area (Å²) in [7, 11) is 0. The van der Waals surface area contributed by atoms with Gasteiger partial charge in [-0.05, 0) is 17.7 Å². The maximum absolute atomic E-state index is 13.5. The summed E-state index contributed by atoms with van der Waals surface area (Å²) in [6.07, 6.45) is 1.42. The molecule has 0 bridgehead atoms. The first kappa shape index (κ1) is 14.3. The highest BCUT2D eigenvalue weighted by Gasteiger charge is 2.18. The second-order valence-electron chi connectivity index (χ2n) is 5.47. The van der Waals surface area contributed by atoms with Crippen LogP contribution in [0, 0.1) is 0 Å². The minimum atomic E-state index is -1.79. The van der Waals surface area contributed by atoms with Crippen LogP contribution in [0.3, 0.4) is 0 Å². The molecule has 3 nitrogen and oxygen atoms in total. The van der Waals surface area contributed by atoms with Crippen molar-refractivity contribution < 1.29 is 13.5 Å². The second kappa shape index (κ2) is 5.30. The third-order valence-corrected chi connectivity index (χ3v) is 3.19. The van der Waals surface area contributed by atoms with E-state index in [9.17, 15) is 9.18 Å². The Morgan fingerprint density at radius 1 is 1.09 bits per heavy atom. The van der Waals surface area contributed by atoms with Gasteiger partial charge in [0, 0.05) is 19.9 Å². The van der Waals surface area contributed by atoms with Gasteiger partial charge in [0.15, 0.2) is 5.43 Å². The molecular weight excluding hydrogens is 283 g/mol. The van der Waals surface area contributed by atoms with E-state index in [0.717, 1.165) is 5.56 Å². The third kappa shape index (κ3) is 2.86. The number of ether oxygens (including phenoxy) is 1. The highest BCUT2D eigenvalue weighted by atomic mass is 19.2. The average Bonchev–Trinajstić information content (AvgIpc) is 2.47. The number of halogens is 1. The fraction of sp³-hybridized carbons (Fsp3) is 0.167. The number of rotatable bonds is 3. The van der Waals surface area contributed by atoms with Crippen LogP contribution in [0.1, 0.15) is 13.8 Å². The van der Waals surface area contributed by atoms with Gasteiger partial charge < -0.3 is 9.15 Å². The van der Waals surface area contributed by atoms with Crippen LogP contribution < -0.4 is 10.2 Å². The summed E-state index contributed by atoms with van der Waals surface area (Å²) < 4.78 is 24.2. The molecule has 0 saturated carbocycles. The molecule has 0 atom stereocenters. The lowest BCUT2D eigenvalue weighted by Gasteiger charge is -2.17. The van der Waals surface area contributed by atoms with Crippen molar-refractivity contribution >= 4 is 11.0 Å². The van der Waals surface area contributed by atoms with Gasteiger partial charge in [-0.15, -0.1) is 0 Å². The van der Waals surface area contributed by atoms with Crippen LogP contribution in [0.25, 0.3) is 22.1 Å². The summed E-state index contributed by atoms with van der Waals surface area (Å²) in [5, 5.41) is 0.436. The molecule has 0 amide bonds. The topological polar surface area (TPSA) is 39.4 Å². The summed E-state index contributed by atoms with van der Waals surface area (Å²) in [4.78, 5) is 12.6. The number of hydrogen-bond donors (Lipinski definition) is 0. The Hall–Kier alpha value is -2.62. The smallest absolute Gasteiger partial charge is 0.242 e. The number of alkyl halides is 1. The minimum absolute atomic E-state index is 0.126. The van der Waals surface area contributed by atoms with E-state index in [1.54, 1.807) is 12.1 Å². The molecule has 22 heavy (non-hydrogen) atoms. The van der Waals surface area contributed by atoms with E-state index >= 15 is 0 Å². The van der Waals surface area contributed by atoms with Crippen molar-refractivity contribution in [2.24, 2.45) is 0 Å². The molecule has 0 saturated heterocycles. The first-order valence-corrected chi connectivity index (χ1v) is 6.93. The molecule has 112 valence electrons. The van der Waals surface area contributed by atoms with Crippen LogP contribution in [-0.4, -0.2) is 5.85 Å². The molecule has 3 rings (SSSR count). The highest BCUT2D eigenvalue weighted by molar-refractivity contribution is 5.82. The van der Waals surface area contributed by atoms with Crippen molar-refractivity contribution in [2.45, 2.75) is 19.7 Å². The fourth-order valence-electron chi connectivity index (χ4n) is 2.27. The Morgan fingerprint density at radius 3 is 2.50 bits per heavy atom. The molecule has 1 heterocycles. The van der Waals surface area contributed by atoms with Crippen LogP contribution in [0.2, 0.25) is 0 Å². The Balaban J connectivity index is 2.10. The molecule has 0 fully saturated rings. The van der Waals surface area contributed by atoms with Crippen LogP contribution in [0.4, 0.5) is 4.39 Å². The van der Waals surface area contributed by atoms with E-state index in [1.807, 2.05) is 30.3 Å². The molecule has 0 spiro atoms. The van der Waals surface area contributed by atoms with Crippen molar-refractivity contribution in [3.63, 3.8) is 0 Å². The van der Waals surface area contributed by atoms with E-state index < -0.39 is 5.85 Å². The largest absolute Gasteiger partial charge is 0.463 e. The summed E-state index contributed by atoms with van der Waals surface area (Å²) in [6, 6.07) is 14.0. The number of fused-ring (bicyclic) bond motifs is 1. The van der Waals surface area contributed by atoms with Crippen molar-refractivity contribution in [1.29, 1.82) is 0 Å². The number of benzene rings is 2. The molecule has 0 N–H and O–H groups in total. The predicted molar refractivity (Wildman–Crippen MR) is 83.7 cm³/mol. The Kier molecular flexibility index (Phi) is 3.45. The van der Waals surface area contributed by atoms with E-state index in [2.05, 4.69) is 0 Å². The lowest BCUT2D eigenvalue weighted by molar-refractivity contribution is -0.0256. The van der Waals surface area contributed by atoms with Gasteiger partial charge >= 0.3 is 0 Å². The SMILES string of the molecule is CC(C)(F)Oc1ccc2c(=O)c(-c3ccccc3)coc2c1. The van der Waals surface area contributed by atoms with E-state index in [-0.39, 0.29) is 5.43 Å². The molecule has 0 aliphatic heterocycles. The van der Waals surface area contributed by atoms with Gasteiger partial charge in [-0.3, -0.25) is 4.79 Å². The standard InChI is InChI=1S/C18H15FO3/c1-18(2,19)22-13-8-9-14-16(10-13)21-11-15(17(14)20)12-6-4-3-5-7-12/h3-11H,1-2H3. The maximum Gasteiger partial charge on any atom is 0.242 e. The van der Waals surface area contributed by atoms with Crippen molar-refractivity contribution in [2.75, 3.05) is 0 Å². The average molecular weight is 298 g/mol. The minimum Gasteiger partial charge on any atom is -0.463 e. The summed E-state index contributed by atoms with van der Waals surface area (Å²) in [6.45, 7) is 2.62. The predicted octanol–water partition coefficient (Wildman–Crippen LogP) is 4.54. The van der Waals surface area contributed by atoms with Gasteiger partial charge in [0.2, 0.25) is 5.85 Å². The third-order valence-electron chi connectivity index (χ3n) is 3.19. The lowest BCUT2D eigenvalue weighted by Crippen LogP contribution is -2.21. The van der Waals surface area contributed by atoms with Gasteiger partial charge in [0.25, 0.3) is 0 Å². The quantitative estimate of drug-likeness (QED) is 0.712. The monoisotopic (exact) mass is 298 g/mol. The van der Waals surface area contributed by atoms with Crippen LogP contribution in [-0.2, 0) is 0 Å². The van der Waals surface area contributed by atoms with Crippen molar-refractivity contribution in [3.05, 3.63) is 65.0 Å². The Labute approximate surface area is 127 Å². The summed E-state index contributed by atoms with van der Waals surface area (Å²) in [5.41, 5.74) is 1.53. The zero-order valence-electron chi connectivity index (χ0n) is 12.3. The van der Waals surface area contributed by atoms with Crippen LogP contribution in [0.5, 0.6) is 5.75 Å². The van der Waals surface area contributed by atoms with Gasteiger partial charge in [-0.1, -0.05) is 30.3 Å². The molecule has 3 aromatic rings. The van der Waals surface area contributed by atoms with Gasteiger partial charge in [-0.25, -0.2) is 0 Å². The van der Waals surface area contributed by atoms with E-state index in [4.69, 9.17) is 9.15 Å². The molecule has 4 heteroatoms. The summed E-state index contributed by atoms with van der Waals surface area (Å²) >= 11 is 0. The fourth-order valence-corrected chi connectivity index (χ4v) is 2.27. The lowest BCUT2D eigenvalue weighted by atomic mass is 10.1. The first-order chi connectivity index (χ1) is 10.4. The maximum atomic E-state index is 13.5. The zero-order chi connectivity index (χ0) is 15.7. The molecular formula is C18H15FO3. The first-order valence-electron chi connectivity index (χ1n) is 6.93. The van der Waals surface area contributed by atoms with Crippen LogP contribution in [0.15, 0.2) is 64.0 Å². The van der Waals surface area contributed by atoms with Gasteiger partial charge in [0.1, 0.15) is 17.6 Å². The van der Waals surface area contributed by atoms with E-state index in [0.29, 0.717) is 22.3 Å². The normalized spacial score (nSPS) is 11.6. The van der Waals surface area contributed by atoms with Gasteiger partial charge in [0.05, 0.1) is 10.9 Å².